The van der Waals surface area contributed by atoms with Crippen LogP contribution in [0.25, 0.3) is 6.08 Å². The lowest BCUT2D eigenvalue weighted by Gasteiger charge is -2.04. The van der Waals surface area contributed by atoms with Gasteiger partial charge in [0.05, 0.1) is 0 Å². The molecule has 0 unspecified atom stereocenters. The summed E-state index contributed by atoms with van der Waals surface area (Å²) in [7, 11) is 0. The minimum absolute atomic E-state index is 0.00569. The Morgan fingerprint density at radius 1 is 1.12 bits per heavy atom. The summed E-state index contributed by atoms with van der Waals surface area (Å²) < 4.78 is 10.5. The van der Waals surface area contributed by atoms with Gasteiger partial charge in [0, 0.05) is 18.2 Å². The van der Waals surface area contributed by atoms with E-state index >= 15 is 0 Å². The molecule has 0 saturated carbocycles. The predicted molar refractivity (Wildman–Crippen MR) is 91.2 cm³/mol. The second kappa shape index (κ2) is 6.89. The second-order valence-electron chi connectivity index (χ2n) is 5.37. The van der Waals surface area contributed by atoms with Crippen LogP contribution < -0.4 is 14.8 Å². The van der Waals surface area contributed by atoms with Crippen LogP contribution in [0.4, 0.5) is 5.69 Å². The Morgan fingerprint density at radius 3 is 2.52 bits per heavy atom. The van der Waals surface area contributed by atoms with Crippen LogP contribution in [0.2, 0.25) is 0 Å². The molecular weight excluding hydrogens is 320 g/mol. The lowest BCUT2D eigenvalue weighted by atomic mass is 10.0. The van der Waals surface area contributed by atoms with Gasteiger partial charge < -0.3 is 14.8 Å². The number of benzene rings is 2. The Balaban J connectivity index is 1.84. The maximum absolute atomic E-state index is 12.5. The number of ketones is 1. The lowest BCUT2D eigenvalue weighted by molar-refractivity contribution is -0.114. The van der Waals surface area contributed by atoms with E-state index in [1.54, 1.807) is 42.5 Å². The molecule has 1 N–H and O–H groups in total. The van der Waals surface area contributed by atoms with Gasteiger partial charge in [-0.05, 0) is 42.0 Å². The SMILES string of the molecule is CC(=O)Nc1ccc(C=C(C#N)C(=O)c2ccc3c(c2)OCO3)cc1. The van der Waals surface area contributed by atoms with E-state index in [1.807, 2.05) is 6.07 Å². The Morgan fingerprint density at radius 2 is 1.84 bits per heavy atom. The van der Waals surface area contributed by atoms with E-state index < -0.39 is 5.78 Å². The molecule has 1 aliphatic rings. The van der Waals surface area contributed by atoms with Gasteiger partial charge in [-0.3, -0.25) is 9.59 Å². The molecule has 1 heterocycles. The summed E-state index contributed by atoms with van der Waals surface area (Å²) in [6.45, 7) is 1.54. The molecule has 6 heteroatoms. The van der Waals surface area contributed by atoms with Gasteiger partial charge in [-0.2, -0.15) is 5.26 Å². The van der Waals surface area contributed by atoms with Gasteiger partial charge in [0.1, 0.15) is 11.6 Å². The highest BCUT2D eigenvalue weighted by molar-refractivity contribution is 6.14. The predicted octanol–water partition coefficient (Wildman–Crippen LogP) is 3.16. The third-order valence-electron chi connectivity index (χ3n) is 3.54. The molecule has 1 aliphatic heterocycles. The number of carbonyl (C=O) groups excluding carboxylic acids is 2. The minimum Gasteiger partial charge on any atom is -0.454 e. The number of nitrogens with one attached hydrogen (secondary N) is 1. The van der Waals surface area contributed by atoms with Crippen molar-refractivity contribution in [3.63, 3.8) is 0 Å². The van der Waals surface area contributed by atoms with Gasteiger partial charge in [-0.15, -0.1) is 0 Å². The third-order valence-corrected chi connectivity index (χ3v) is 3.54. The van der Waals surface area contributed by atoms with Crippen LogP contribution >= 0.6 is 0 Å². The van der Waals surface area contributed by atoms with E-state index in [-0.39, 0.29) is 18.3 Å². The van der Waals surface area contributed by atoms with E-state index in [4.69, 9.17) is 9.47 Å². The molecule has 0 aromatic heterocycles. The summed E-state index contributed by atoms with van der Waals surface area (Å²) in [6, 6.07) is 13.6. The topological polar surface area (TPSA) is 88.4 Å². The van der Waals surface area contributed by atoms with Crippen molar-refractivity contribution in [2.24, 2.45) is 0 Å². The quantitative estimate of drug-likeness (QED) is 0.527. The van der Waals surface area contributed by atoms with Crippen LogP contribution in [0, 0.1) is 11.3 Å². The molecule has 0 saturated heterocycles. The number of allylic oxidation sites excluding steroid dienone is 1. The molecule has 0 bridgehead atoms. The van der Waals surface area contributed by atoms with E-state index in [2.05, 4.69) is 5.32 Å². The molecule has 0 aliphatic carbocycles. The number of rotatable bonds is 4. The van der Waals surface area contributed by atoms with Crippen LogP contribution in [0.5, 0.6) is 11.5 Å². The molecule has 0 spiro atoms. The highest BCUT2D eigenvalue weighted by atomic mass is 16.7. The van der Waals surface area contributed by atoms with Crippen molar-refractivity contribution >= 4 is 23.5 Å². The average molecular weight is 334 g/mol. The van der Waals surface area contributed by atoms with Crippen molar-refractivity contribution in [3.05, 3.63) is 59.2 Å². The Hall–Kier alpha value is -3.59. The molecule has 1 amide bonds. The fourth-order valence-corrected chi connectivity index (χ4v) is 2.37. The number of amides is 1. The van der Waals surface area contributed by atoms with Crippen molar-refractivity contribution < 1.29 is 19.1 Å². The average Bonchev–Trinajstić information content (AvgIpc) is 3.07. The van der Waals surface area contributed by atoms with Crippen LogP contribution in [-0.2, 0) is 4.79 Å². The minimum atomic E-state index is -0.397. The number of fused-ring (bicyclic) bond motifs is 1. The zero-order valence-electron chi connectivity index (χ0n) is 13.4. The molecule has 0 atom stereocenters. The number of nitriles is 1. The van der Waals surface area contributed by atoms with Crippen LogP contribution in [0.3, 0.4) is 0 Å². The largest absolute Gasteiger partial charge is 0.454 e. The summed E-state index contributed by atoms with van der Waals surface area (Å²) in [6.07, 6.45) is 1.50. The normalized spacial score (nSPS) is 12.4. The zero-order valence-corrected chi connectivity index (χ0v) is 13.4. The molecule has 3 rings (SSSR count). The number of nitrogens with zero attached hydrogens (tertiary/aromatic N) is 1. The summed E-state index contributed by atoms with van der Waals surface area (Å²) in [4.78, 5) is 23.6. The summed E-state index contributed by atoms with van der Waals surface area (Å²) in [5, 5.41) is 12.0. The highest BCUT2D eigenvalue weighted by Crippen LogP contribution is 2.33. The van der Waals surface area contributed by atoms with Crippen molar-refractivity contribution in [2.75, 3.05) is 12.1 Å². The molecule has 2 aromatic rings. The molecule has 2 aromatic carbocycles. The van der Waals surface area contributed by atoms with Crippen molar-refractivity contribution in [1.29, 1.82) is 5.26 Å². The molecule has 6 nitrogen and oxygen atoms in total. The maximum atomic E-state index is 12.5. The standard InChI is InChI=1S/C19H14N2O4/c1-12(22)21-16-5-2-13(3-6-16)8-15(10-20)19(23)14-4-7-17-18(9-14)25-11-24-17/h2-9H,11H2,1H3,(H,21,22). The van der Waals surface area contributed by atoms with Gasteiger partial charge in [0.2, 0.25) is 18.5 Å². The lowest BCUT2D eigenvalue weighted by Crippen LogP contribution is -2.05. The second-order valence-corrected chi connectivity index (χ2v) is 5.37. The summed E-state index contributed by atoms with van der Waals surface area (Å²) >= 11 is 0. The van der Waals surface area contributed by atoms with E-state index in [9.17, 15) is 14.9 Å². The van der Waals surface area contributed by atoms with Crippen LogP contribution in [0.15, 0.2) is 48.0 Å². The molecule has 0 fully saturated rings. The first-order chi connectivity index (χ1) is 12.1. The Bertz CT molecular complexity index is 908. The molecular formula is C19H14N2O4. The van der Waals surface area contributed by atoms with E-state index in [1.165, 1.54) is 13.0 Å². The fraction of sp³-hybridized carbons (Fsp3) is 0.105. The monoisotopic (exact) mass is 334 g/mol. The first-order valence-corrected chi connectivity index (χ1v) is 7.50. The maximum Gasteiger partial charge on any atom is 0.231 e. The van der Waals surface area contributed by atoms with Crippen molar-refractivity contribution in [2.45, 2.75) is 6.92 Å². The number of ether oxygens (including phenoxy) is 2. The number of hydrogen-bond acceptors (Lipinski definition) is 5. The smallest absolute Gasteiger partial charge is 0.231 e. The van der Waals surface area contributed by atoms with Gasteiger partial charge in [-0.1, -0.05) is 12.1 Å². The Labute approximate surface area is 144 Å². The number of anilines is 1. The van der Waals surface area contributed by atoms with Gasteiger partial charge in [0.25, 0.3) is 0 Å². The zero-order chi connectivity index (χ0) is 17.8. The molecule has 0 radical (unpaired) electrons. The summed E-state index contributed by atoms with van der Waals surface area (Å²) in [5.74, 6) is 0.501. The molecule has 124 valence electrons. The van der Waals surface area contributed by atoms with Crippen molar-refractivity contribution in [3.8, 4) is 17.6 Å². The fourth-order valence-electron chi connectivity index (χ4n) is 2.37. The van der Waals surface area contributed by atoms with Gasteiger partial charge in [0.15, 0.2) is 11.5 Å². The van der Waals surface area contributed by atoms with Gasteiger partial charge in [-0.25, -0.2) is 0 Å². The first-order valence-electron chi connectivity index (χ1n) is 7.50. The highest BCUT2D eigenvalue weighted by Gasteiger charge is 2.18. The van der Waals surface area contributed by atoms with Crippen molar-refractivity contribution in [1.82, 2.24) is 0 Å². The first kappa shape index (κ1) is 16.3. The third kappa shape index (κ3) is 3.67. The molecule has 25 heavy (non-hydrogen) atoms. The van der Waals surface area contributed by atoms with E-state index in [0.717, 1.165) is 0 Å². The van der Waals surface area contributed by atoms with E-state index in [0.29, 0.717) is 28.3 Å². The number of hydrogen-bond donors (Lipinski definition) is 1. The Kier molecular flexibility index (Phi) is 4.48. The van der Waals surface area contributed by atoms with Gasteiger partial charge >= 0.3 is 0 Å². The van der Waals surface area contributed by atoms with Crippen LogP contribution in [-0.4, -0.2) is 18.5 Å². The number of carbonyl (C=O) groups is 2. The van der Waals surface area contributed by atoms with Crippen LogP contribution in [0.1, 0.15) is 22.8 Å². The summed E-state index contributed by atoms with van der Waals surface area (Å²) in [5.41, 5.74) is 1.68. The number of Topliss-reactive ketones (excluding diaryl/α,β-unsaturated/α-hetero) is 1.